The highest BCUT2D eigenvalue weighted by Gasteiger charge is 2.10. The summed E-state index contributed by atoms with van der Waals surface area (Å²) >= 11 is 1.61. The van der Waals surface area contributed by atoms with Crippen molar-refractivity contribution in [2.75, 3.05) is 0 Å². The normalized spacial score (nSPS) is 12.3. The molecule has 0 amide bonds. The molecule has 2 rings (SSSR count). The number of nitrogens with one attached hydrogen (secondary N) is 1. The highest BCUT2D eigenvalue weighted by Crippen LogP contribution is 2.17. The fraction of sp³-hybridized carbons (Fsp3) is 0.214. The Morgan fingerprint density at radius 3 is 2.89 bits per heavy atom. The van der Waals surface area contributed by atoms with E-state index in [1.807, 2.05) is 23.8 Å². The summed E-state index contributed by atoms with van der Waals surface area (Å²) in [7, 11) is 0. The van der Waals surface area contributed by atoms with Gasteiger partial charge >= 0.3 is 5.97 Å². The minimum absolute atomic E-state index is 0.0964. The number of benzene rings is 1. The van der Waals surface area contributed by atoms with E-state index in [2.05, 4.69) is 5.32 Å². The summed E-state index contributed by atoms with van der Waals surface area (Å²) in [5.74, 6) is -1.44. The number of rotatable bonds is 5. The van der Waals surface area contributed by atoms with Crippen molar-refractivity contribution in [3.8, 4) is 0 Å². The largest absolute Gasteiger partial charge is 0.478 e. The van der Waals surface area contributed by atoms with Gasteiger partial charge in [0.2, 0.25) is 0 Å². The van der Waals surface area contributed by atoms with Gasteiger partial charge in [-0.2, -0.15) is 11.3 Å². The number of carboxylic acids is 1. The van der Waals surface area contributed by atoms with E-state index in [1.165, 1.54) is 18.2 Å². The Balaban J connectivity index is 2.06. The Kier molecular flexibility index (Phi) is 4.29. The first-order valence-corrected chi connectivity index (χ1v) is 6.79. The number of halogens is 1. The summed E-state index contributed by atoms with van der Waals surface area (Å²) in [5.41, 5.74) is 1.60. The summed E-state index contributed by atoms with van der Waals surface area (Å²) in [6.07, 6.45) is 0. The molecule has 0 saturated carbocycles. The van der Waals surface area contributed by atoms with Crippen LogP contribution < -0.4 is 5.32 Å². The number of hydrogen-bond acceptors (Lipinski definition) is 3. The molecule has 2 aromatic rings. The van der Waals surface area contributed by atoms with Crippen LogP contribution in [-0.2, 0) is 6.54 Å². The summed E-state index contributed by atoms with van der Waals surface area (Å²) < 4.78 is 13.6. The molecule has 0 fully saturated rings. The van der Waals surface area contributed by atoms with E-state index < -0.39 is 11.8 Å². The van der Waals surface area contributed by atoms with Gasteiger partial charge in [-0.15, -0.1) is 0 Å². The predicted molar refractivity (Wildman–Crippen MR) is 72.9 cm³/mol. The highest BCUT2D eigenvalue weighted by molar-refractivity contribution is 7.07. The van der Waals surface area contributed by atoms with Gasteiger partial charge in [-0.3, -0.25) is 0 Å². The molecule has 1 aromatic heterocycles. The third-order valence-corrected chi connectivity index (χ3v) is 3.64. The van der Waals surface area contributed by atoms with Crippen molar-refractivity contribution in [1.29, 1.82) is 0 Å². The zero-order valence-corrected chi connectivity index (χ0v) is 11.2. The van der Waals surface area contributed by atoms with E-state index in [0.29, 0.717) is 12.1 Å². The van der Waals surface area contributed by atoms with Crippen LogP contribution in [0.25, 0.3) is 0 Å². The maximum Gasteiger partial charge on any atom is 0.335 e. The molecule has 3 nitrogen and oxygen atoms in total. The van der Waals surface area contributed by atoms with Gasteiger partial charge in [-0.25, -0.2) is 9.18 Å². The molecule has 1 heterocycles. The standard InChI is InChI=1S/C14H14FNO2S/c1-9(11-4-5-19-8-11)16-7-12-6-10(14(17)18)2-3-13(12)15/h2-6,8-9,16H,7H2,1H3,(H,17,18). The molecule has 5 heteroatoms. The minimum atomic E-state index is -1.05. The molecule has 0 saturated heterocycles. The van der Waals surface area contributed by atoms with Crippen LogP contribution in [0, 0.1) is 5.82 Å². The Morgan fingerprint density at radius 1 is 1.47 bits per heavy atom. The van der Waals surface area contributed by atoms with Crippen molar-refractivity contribution in [3.63, 3.8) is 0 Å². The van der Waals surface area contributed by atoms with E-state index in [1.54, 1.807) is 11.3 Å². The number of carboxylic acid groups (broad SMARTS) is 1. The van der Waals surface area contributed by atoms with Gasteiger partial charge in [0.05, 0.1) is 5.56 Å². The van der Waals surface area contributed by atoms with Gasteiger partial charge < -0.3 is 10.4 Å². The monoisotopic (exact) mass is 279 g/mol. The smallest absolute Gasteiger partial charge is 0.335 e. The van der Waals surface area contributed by atoms with Crippen molar-refractivity contribution in [2.45, 2.75) is 19.5 Å². The summed E-state index contributed by atoms with van der Waals surface area (Å²) in [4.78, 5) is 10.8. The Labute approximate surface area is 114 Å². The average molecular weight is 279 g/mol. The third kappa shape index (κ3) is 3.39. The fourth-order valence-electron chi connectivity index (χ4n) is 1.75. The molecule has 0 spiro atoms. The summed E-state index contributed by atoms with van der Waals surface area (Å²) in [5, 5.41) is 16.1. The predicted octanol–water partition coefficient (Wildman–Crippen LogP) is 3.44. The van der Waals surface area contributed by atoms with Crippen LogP contribution in [0.2, 0.25) is 0 Å². The maximum absolute atomic E-state index is 13.6. The van der Waals surface area contributed by atoms with Gasteiger partial charge in [0, 0.05) is 18.2 Å². The second kappa shape index (κ2) is 5.95. The van der Waals surface area contributed by atoms with Gasteiger partial charge in [0.15, 0.2) is 0 Å². The quantitative estimate of drug-likeness (QED) is 0.881. The van der Waals surface area contributed by atoms with Crippen LogP contribution in [-0.4, -0.2) is 11.1 Å². The first-order chi connectivity index (χ1) is 9.08. The summed E-state index contributed by atoms with van der Waals surface area (Å²) in [6.45, 7) is 2.28. The average Bonchev–Trinajstić information content (AvgIpc) is 2.91. The van der Waals surface area contributed by atoms with Crippen molar-refractivity contribution >= 4 is 17.3 Å². The Bertz CT molecular complexity index is 569. The molecule has 0 aliphatic rings. The number of hydrogen-bond donors (Lipinski definition) is 2. The van der Waals surface area contributed by atoms with E-state index in [0.717, 1.165) is 5.56 Å². The first kappa shape index (κ1) is 13.7. The van der Waals surface area contributed by atoms with Crippen molar-refractivity contribution in [3.05, 3.63) is 57.5 Å². The Hall–Kier alpha value is -1.72. The summed E-state index contributed by atoms with van der Waals surface area (Å²) in [6, 6.07) is 5.93. The maximum atomic E-state index is 13.6. The molecule has 2 N–H and O–H groups in total. The molecular formula is C14H14FNO2S. The Morgan fingerprint density at radius 2 is 2.26 bits per heavy atom. The van der Waals surface area contributed by atoms with E-state index in [4.69, 9.17) is 5.11 Å². The van der Waals surface area contributed by atoms with Crippen LogP contribution in [0.4, 0.5) is 4.39 Å². The van der Waals surface area contributed by atoms with E-state index in [9.17, 15) is 9.18 Å². The van der Waals surface area contributed by atoms with Crippen LogP contribution in [0.1, 0.15) is 34.5 Å². The van der Waals surface area contributed by atoms with Gasteiger partial charge in [0.25, 0.3) is 0 Å². The van der Waals surface area contributed by atoms with Crippen LogP contribution in [0.3, 0.4) is 0 Å². The third-order valence-electron chi connectivity index (χ3n) is 2.93. The van der Waals surface area contributed by atoms with Gasteiger partial charge in [-0.1, -0.05) is 0 Å². The molecule has 1 unspecified atom stereocenters. The molecule has 0 aliphatic carbocycles. The highest BCUT2D eigenvalue weighted by atomic mass is 32.1. The van der Waals surface area contributed by atoms with Gasteiger partial charge in [0.1, 0.15) is 5.82 Å². The molecular weight excluding hydrogens is 265 g/mol. The molecule has 0 aliphatic heterocycles. The molecule has 19 heavy (non-hydrogen) atoms. The lowest BCUT2D eigenvalue weighted by Crippen LogP contribution is -2.18. The second-order valence-electron chi connectivity index (χ2n) is 4.27. The zero-order valence-electron chi connectivity index (χ0n) is 10.4. The molecule has 100 valence electrons. The minimum Gasteiger partial charge on any atom is -0.478 e. The van der Waals surface area contributed by atoms with Gasteiger partial charge in [-0.05, 0) is 47.5 Å². The molecule has 0 radical (unpaired) electrons. The van der Waals surface area contributed by atoms with E-state index >= 15 is 0 Å². The lowest BCUT2D eigenvalue weighted by molar-refractivity contribution is 0.0696. The van der Waals surface area contributed by atoms with Crippen molar-refractivity contribution in [1.82, 2.24) is 5.32 Å². The van der Waals surface area contributed by atoms with Crippen molar-refractivity contribution in [2.24, 2.45) is 0 Å². The van der Waals surface area contributed by atoms with E-state index in [-0.39, 0.29) is 11.6 Å². The number of carbonyl (C=O) groups is 1. The first-order valence-electron chi connectivity index (χ1n) is 5.85. The second-order valence-corrected chi connectivity index (χ2v) is 5.05. The number of thiophene rings is 1. The van der Waals surface area contributed by atoms with Crippen molar-refractivity contribution < 1.29 is 14.3 Å². The SMILES string of the molecule is CC(NCc1cc(C(=O)O)ccc1F)c1ccsc1. The number of aromatic carboxylic acids is 1. The van der Waals surface area contributed by atoms with Crippen LogP contribution in [0.15, 0.2) is 35.0 Å². The molecule has 1 atom stereocenters. The topological polar surface area (TPSA) is 49.3 Å². The molecule has 1 aromatic carbocycles. The lowest BCUT2D eigenvalue weighted by Gasteiger charge is -2.13. The fourth-order valence-corrected chi connectivity index (χ4v) is 2.50. The van der Waals surface area contributed by atoms with Crippen LogP contribution in [0.5, 0.6) is 0 Å². The van der Waals surface area contributed by atoms with Crippen LogP contribution >= 0.6 is 11.3 Å². The zero-order chi connectivity index (χ0) is 13.8. The molecule has 0 bridgehead atoms. The lowest BCUT2D eigenvalue weighted by atomic mass is 10.1.